The van der Waals surface area contributed by atoms with Crippen molar-refractivity contribution in [2.45, 2.75) is 25.3 Å². The van der Waals surface area contributed by atoms with Crippen molar-refractivity contribution in [3.8, 4) is 0 Å². The predicted molar refractivity (Wildman–Crippen MR) is 96.8 cm³/mol. The first kappa shape index (κ1) is 19.2. The zero-order chi connectivity index (χ0) is 18.4. The molecule has 2 aromatic heterocycles. The Bertz CT molecular complexity index is 701. The third kappa shape index (κ3) is 6.72. The lowest BCUT2D eigenvalue weighted by atomic mass is 10.1. The monoisotopic (exact) mass is 365 g/mol. The molecule has 2 rings (SSSR count). The van der Waals surface area contributed by atoms with E-state index in [1.54, 1.807) is 23.5 Å². The van der Waals surface area contributed by atoms with E-state index < -0.39 is 12.0 Å². The first-order valence-electron chi connectivity index (χ1n) is 8.16. The Kier molecular flexibility index (Phi) is 6.39. The van der Waals surface area contributed by atoms with Gasteiger partial charge < -0.3 is 19.3 Å². The molecule has 0 aliphatic carbocycles. The van der Waals surface area contributed by atoms with Gasteiger partial charge in [0.05, 0.1) is 40.2 Å². The Labute approximate surface area is 151 Å². The van der Waals surface area contributed by atoms with Gasteiger partial charge in [-0.25, -0.2) is 0 Å². The molecule has 1 atom stereocenters. The lowest BCUT2D eigenvalue weighted by molar-refractivity contribution is -0.871. The lowest BCUT2D eigenvalue weighted by Gasteiger charge is -2.28. The van der Waals surface area contributed by atoms with Crippen LogP contribution in [-0.2, 0) is 17.6 Å². The van der Waals surface area contributed by atoms with Crippen molar-refractivity contribution in [2.24, 2.45) is 0 Å². The fourth-order valence-corrected chi connectivity index (χ4v) is 3.33. The average molecular weight is 365 g/mol. The number of aryl methyl sites for hydroxylation is 2. The number of nitrogens with one attached hydrogen (secondary N) is 1. The standard InChI is InChI=1S/C18H24N2O4S/c1-20(2,3)11-14(10-17(21)22)19-18(23)16-7-6-15(24-16)5-4-13-8-9-25-12-13/h6-9,12,14H,4-5,10-11H2,1-3H3,(H-,19,21,22,23)/p+1. The number of nitrogens with zero attached hydrogens (tertiary/aromatic N) is 1. The highest BCUT2D eigenvalue weighted by molar-refractivity contribution is 7.07. The molecule has 0 bridgehead atoms. The second-order valence-corrected chi connectivity index (χ2v) is 7.92. The molecule has 0 saturated heterocycles. The van der Waals surface area contributed by atoms with Crippen LogP contribution in [0.2, 0.25) is 0 Å². The van der Waals surface area contributed by atoms with Crippen LogP contribution < -0.4 is 5.32 Å². The SMILES string of the molecule is C[N+](C)(C)CC(CC(=O)O)NC(=O)c1ccc(CCc2ccsc2)o1. The molecule has 2 aromatic rings. The minimum absolute atomic E-state index is 0.118. The molecule has 0 aliphatic heterocycles. The van der Waals surface area contributed by atoms with Gasteiger partial charge in [-0.1, -0.05) is 0 Å². The Morgan fingerprint density at radius 3 is 2.60 bits per heavy atom. The highest BCUT2D eigenvalue weighted by atomic mass is 32.1. The van der Waals surface area contributed by atoms with Crippen molar-refractivity contribution < 1.29 is 23.6 Å². The predicted octanol–water partition coefficient (Wildman–Crippen LogP) is 2.41. The summed E-state index contributed by atoms with van der Waals surface area (Å²) in [7, 11) is 5.86. The summed E-state index contributed by atoms with van der Waals surface area (Å²) in [4.78, 5) is 23.4. The van der Waals surface area contributed by atoms with E-state index in [1.807, 2.05) is 26.5 Å². The molecule has 0 spiro atoms. The summed E-state index contributed by atoms with van der Waals surface area (Å²) in [5.41, 5.74) is 1.25. The van der Waals surface area contributed by atoms with E-state index in [-0.39, 0.29) is 18.1 Å². The topological polar surface area (TPSA) is 79.5 Å². The van der Waals surface area contributed by atoms with Gasteiger partial charge >= 0.3 is 5.97 Å². The van der Waals surface area contributed by atoms with Crippen molar-refractivity contribution in [3.05, 3.63) is 46.0 Å². The Hall–Kier alpha value is -2.12. The van der Waals surface area contributed by atoms with E-state index >= 15 is 0 Å². The number of thiophene rings is 1. The summed E-state index contributed by atoms with van der Waals surface area (Å²) in [5, 5.41) is 16.0. The number of carboxylic acids is 1. The first-order chi connectivity index (χ1) is 11.7. The molecule has 0 saturated carbocycles. The van der Waals surface area contributed by atoms with Crippen LogP contribution in [-0.4, -0.2) is 55.2 Å². The normalized spacial score (nSPS) is 12.8. The van der Waals surface area contributed by atoms with Crippen molar-refractivity contribution in [1.29, 1.82) is 0 Å². The molecule has 6 nitrogen and oxygen atoms in total. The summed E-state index contributed by atoms with van der Waals surface area (Å²) in [5.74, 6) is -0.342. The van der Waals surface area contributed by atoms with E-state index in [2.05, 4.69) is 16.8 Å². The minimum atomic E-state index is -0.936. The van der Waals surface area contributed by atoms with Gasteiger partial charge in [-0.2, -0.15) is 11.3 Å². The third-order valence-electron chi connectivity index (χ3n) is 3.65. The number of furan rings is 1. The Balaban J connectivity index is 1.95. The number of rotatable bonds is 9. The maximum atomic E-state index is 12.4. The van der Waals surface area contributed by atoms with Crippen molar-refractivity contribution in [3.63, 3.8) is 0 Å². The number of carboxylic acid groups (broad SMARTS) is 1. The molecule has 2 heterocycles. The Morgan fingerprint density at radius 1 is 1.24 bits per heavy atom. The van der Waals surface area contributed by atoms with Crippen LogP contribution in [0.1, 0.15) is 28.3 Å². The molecular formula is C18H25N2O4S+. The van der Waals surface area contributed by atoms with Gasteiger partial charge in [0.25, 0.3) is 5.91 Å². The second-order valence-electron chi connectivity index (χ2n) is 7.14. The Morgan fingerprint density at radius 2 is 2.00 bits per heavy atom. The van der Waals surface area contributed by atoms with Crippen LogP contribution >= 0.6 is 11.3 Å². The van der Waals surface area contributed by atoms with Gasteiger partial charge in [0.1, 0.15) is 5.76 Å². The molecule has 7 heteroatoms. The number of hydrogen-bond acceptors (Lipinski definition) is 4. The largest absolute Gasteiger partial charge is 0.481 e. The fraction of sp³-hybridized carbons (Fsp3) is 0.444. The number of carbonyl (C=O) groups is 2. The van der Waals surface area contributed by atoms with E-state index in [9.17, 15) is 9.59 Å². The highest BCUT2D eigenvalue weighted by Gasteiger charge is 2.24. The number of carbonyl (C=O) groups excluding carboxylic acids is 1. The van der Waals surface area contributed by atoms with Crippen LogP contribution in [0.4, 0.5) is 0 Å². The number of amides is 1. The number of hydrogen-bond donors (Lipinski definition) is 2. The summed E-state index contributed by atoms with van der Waals surface area (Å²) in [6.45, 7) is 0.518. The van der Waals surface area contributed by atoms with Crippen molar-refractivity contribution >= 4 is 23.2 Å². The summed E-state index contributed by atoms with van der Waals surface area (Å²) < 4.78 is 6.18. The fourth-order valence-electron chi connectivity index (χ4n) is 2.63. The van der Waals surface area contributed by atoms with Crippen LogP contribution in [0.25, 0.3) is 0 Å². The smallest absolute Gasteiger partial charge is 0.305 e. The summed E-state index contributed by atoms with van der Waals surface area (Å²) in [6.07, 6.45) is 1.47. The van der Waals surface area contributed by atoms with Gasteiger partial charge in [0.15, 0.2) is 5.76 Å². The lowest BCUT2D eigenvalue weighted by Crippen LogP contribution is -2.49. The van der Waals surface area contributed by atoms with Gasteiger partial charge in [-0.05, 0) is 40.9 Å². The zero-order valence-corrected chi connectivity index (χ0v) is 15.6. The van der Waals surface area contributed by atoms with E-state index in [0.717, 1.165) is 18.6 Å². The molecule has 0 aromatic carbocycles. The van der Waals surface area contributed by atoms with Crippen LogP contribution in [0.3, 0.4) is 0 Å². The molecule has 1 amide bonds. The van der Waals surface area contributed by atoms with Crippen LogP contribution in [0.5, 0.6) is 0 Å². The van der Waals surface area contributed by atoms with E-state index in [1.165, 1.54) is 5.56 Å². The van der Waals surface area contributed by atoms with Gasteiger partial charge in [-0.15, -0.1) is 0 Å². The maximum Gasteiger partial charge on any atom is 0.305 e. The third-order valence-corrected chi connectivity index (χ3v) is 4.38. The molecule has 1 unspecified atom stereocenters. The van der Waals surface area contributed by atoms with Gasteiger partial charge in [0, 0.05) is 6.42 Å². The quantitative estimate of drug-likeness (QED) is 0.669. The van der Waals surface area contributed by atoms with Crippen molar-refractivity contribution in [1.82, 2.24) is 5.32 Å². The number of likely N-dealkylation sites (N-methyl/N-ethyl adjacent to an activating group) is 1. The minimum Gasteiger partial charge on any atom is -0.481 e. The van der Waals surface area contributed by atoms with Gasteiger partial charge in [-0.3, -0.25) is 9.59 Å². The number of quaternary nitrogens is 1. The molecule has 25 heavy (non-hydrogen) atoms. The zero-order valence-electron chi connectivity index (χ0n) is 14.8. The maximum absolute atomic E-state index is 12.4. The highest BCUT2D eigenvalue weighted by Crippen LogP contribution is 2.14. The van der Waals surface area contributed by atoms with E-state index in [4.69, 9.17) is 9.52 Å². The van der Waals surface area contributed by atoms with Crippen molar-refractivity contribution in [2.75, 3.05) is 27.7 Å². The molecule has 0 fully saturated rings. The number of aliphatic carboxylic acids is 1. The second kappa shape index (κ2) is 8.31. The molecule has 0 radical (unpaired) electrons. The van der Waals surface area contributed by atoms with Gasteiger partial charge in [0.2, 0.25) is 0 Å². The molecular weight excluding hydrogens is 340 g/mol. The van der Waals surface area contributed by atoms with Crippen LogP contribution in [0.15, 0.2) is 33.4 Å². The summed E-state index contributed by atoms with van der Waals surface area (Å²) >= 11 is 1.66. The molecule has 136 valence electrons. The molecule has 0 aliphatic rings. The molecule has 2 N–H and O–H groups in total. The average Bonchev–Trinajstić information content (AvgIpc) is 3.14. The van der Waals surface area contributed by atoms with Crippen LogP contribution in [0, 0.1) is 0 Å². The first-order valence-corrected chi connectivity index (χ1v) is 9.10. The van der Waals surface area contributed by atoms with E-state index in [0.29, 0.717) is 11.0 Å². The summed E-state index contributed by atoms with van der Waals surface area (Å²) in [6, 6.07) is 5.06.